The Labute approximate surface area is 173 Å². The Morgan fingerprint density at radius 1 is 1.32 bits per heavy atom. The third-order valence-electron chi connectivity index (χ3n) is 4.85. The number of aromatic nitrogens is 3. The molecule has 0 saturated carbocycles. The number of amides is 2. The molecule has 2 N–H and O–H groups in total. The number of piperidine rings is 1. The van der Waals surface area contributed by atoms with Crippen molar-refractivity contribution in [1.82, 2.24) is 19.7 Å². The smallest absolute Gasteiger partial charge is 0.235 e. The number of primary amides is 1. The van der Waals surface area contributed by atoms with Crippen molar-refractivity contribution in [3.63, 3.8) is 0 Å². The van der Waals surface area contributed by atoms with Gasteiger partial charge in [-0.05, 0) is 36.6 Å². The van der Waals surface area contributed by atoms with Gasteiger partial charge in [-0.15, -0.1) is 21.5 Å². The topological polar surface area (TPSA) is 94.1 Å². The van der Waals surface area contributed by atoms with Gasteiger partial charge in [-0.1, -0.05) is 31.7 Å². The summed E-state index contributed by atoms with van der Waals surface area (Å²) in [5.41, 5.74) is 5.34. The van der Waals surface area contributed by atoms with E-state index in [1.807, 2.05) is 33.9 Å². The Bertz CT molecular complexity index is 810. The van der Waals surface area contributed by atoms with Crippen molar-refractivity contribution in [2.75, 3.05) is 13.1 Å². The standard InChI is InChI=1S/C19H27N5O2S2/c1-12-9-13(2)11-23(10-12)18(26)14(3)28-19-22-21-17(15-5-4-8-27-15)24(19)7-6-16(20)25/h4-5,8,12-14H,6-7,9-11H2,1-3H3,(H2,20,25). The molecule has 2 aromatic rings. The predicted octanol–water partition coefficient (Wildman–Crippen LogP) is 2.87. The molecule has 3 atom stereocenters. The minimum atomic E-state index is -0.373. The number of carbonyl (C=O) groups is 2. The summed E-state index contributed by atoms with van der Waals surface area (Å²) in [6.07, 6.45) is 1.37. The second kappa shape index (κ2) is 9.09. The van der Waals surface area contributed by atoms with Crippen LogP contribution >= 0.6 is 23.1 Å². The van der Waals surface area contributed by atoms with E-state index in [4.69, 9.17) is 5.73 Å². The molecule has 3 unspecified atom stereocenters. The number of nitrogens with two attached hydrogens (primary N) is 1. The highest BCUT2D eigenvalue weighted by atomic mass is 32.2. The molecule has 1 saturated heterocycles. The molecule has 0 radical (unpaired) electrons. The largest absolute Gasteiger partial charge is 0.370 e. The maximum atomic E-state index is 13.0. The van der Waals surface area contributed by atoms with E-state index in [1.54, 1.807) is 11.3 Å². The maximum absolute atomic E-state index is 13.0. The van der Waals surface area contributed by atoms with Gasteiger partial charge in [0.05, 0.1) is 10.1 Å². The normalized spacial score (nSPS) is 20.9. The lowest BCUT2D eigenvalue weighted by Gasteiger charge is -2.36. The molecule has 2 aromatic heterocycles. The highest BCUT2D eigenvalue weighted by molar-refractivity contribution is 8.00. The average Bonchev–Trinajstić information content (AvgIpc) is 3.27. The van der Waals surface area contributed by atoms with Crippen LogP contribution in [0.25, 0.3) is 10.7 Å². The Balaban J connectivity index is 1.77. The van der Waals surface area contributed by atoms with Crippen molar-refractivity contribution in [3.05, 3.63) is 17.5 Å². The highest BCUT2D eigenvalue weighted by Crippen LogP contribution is 2.31. The first kappa shape index (κ1) is 20.9. The molecule has 1 fully saturated rings. The van der Waals surface area contributed by atoms with E-state index in [0.29, 0.717) is 29.4 Å². The fourth-order valence-corrected chi connectivity index (χ4v) is 5.37. The lowest BCUT2D eigenvalue weighted by molar-refractivity contribution is -0.133. The number of thioether (sulfide) groups is 1. The molecule has 0 aliphatic carbocycles. The number of thiophene rings is 1. The van der Waals surface area contributed by atoms with Crippen molar-refractivity contribution < 1.29 is 9.59 Å². The molecule has 3 rings (SSSR count). The van der Waals surface area contributed by atoms with E-state index in [2.05, 4.69) is 24.0 Å². The van der Waals surface area contributed by atoms with Crippen LogP contribution in [0.15, 0.2) is 22.7 Å². The van der Waals surface area contributed by atoms with E-state index in [0.717, 1.165) is 24.4 Å². The quantitative estimate of drug-likeness (QED) is 0.694. The minimum absolute atomic E-state index is 0.130. The zero-order valence-electron chi connectivity index (χ0n) is 16.5. The molecule has 1 aliphatic heterocycles. The van der Waals surface area contributed by atoms with Gasteiger partial charge in [0, 0.05) is 26.1 Å². The van der Waals surface area contributed by atoms with Gasteiger partial charge in [0.1, 0.15) is 0 Å². The summed E-state index contributed by atoms with van der Waals surface area (Å²) in [5.74, 6) is 1.51. The van der Waals surface area contributed by atoms with E-state index in [-0.39, 0.29) is 23.5 Å². The molecule has 0 bridgehead atoms. The van der Waals surface area contributed by atoms with Crippen LogP contribution in [0.2, 0.25) is 0 Å². The van der Waals surface area contributed by atoms with Crippen LogP contribution in [0.3, 0.4) is 0 Å². The van der Waals surface area contributed by atoms with Gasteiger partial charge in [0.2, 0.25) is 11.8 Å². The number of hydrogen-bond acceptors (Lipinski definition) is 6. The van der Waals surface area contributed by atoms with Crippen LogP contribution in [0.1, 0.15) is 33.6 Å². The second-order valence-corrected chi connectivity index (χ2v) is 9.86. The predicted molar refractivity (Wildman–Crippen MR) is 112 cm³/mol. The van der Waals surface area contributed by atoms with Crippen LogP contribution in [0, 0.1) is 11.8 Å². The molecule has 7 nitrogen and oxygen atoms in total. The van der Waals surface area contributed by atoms with Gasteiger partial charge >= 0.3 is 0 Å². The van der Waals surface area contributed by atoms with Crippen molar-refractivity contribution in [1.29, 1.82) is 0 Å². The summed E-state index contributed by atoms with van der Waals surface area (Å²) in [7, 11) is 0. The summed E-state index contributed by atoms with van der Waals surface area (Å²) < 4.78 is 1.90. The number of nitrogens with zero attached hydrogens (tertiary/aromatic N) is 4. The summed E-state index contributed by atoms with van der Waals surface area (Å²) in [6.45, 7) is 8.32. The Morgan fingerprint density at radius 3 is 2.64 bits per heavy atom. The van der Waals surface area contributed by atoms with Crippen LogP contribution in [0.5, 0.6) is 0 Å². The molecule has 1 aliphatic rings. The SMILES string of the molecule is CC1CC(C)CN(C(=O)C(C)Sc2nnc(-c3cccs3)n2CCC(N)=O)C1. The van der Waals surface area contributed by atoms with Gasteiger partial charge in [-0.2, -0.15) is 0 Å². The summed E-state index contributed by atoms with van der Waals surface area (Å²) in [6, 6.07) is 3.92. The van der Waals surface area contributed by atoms with E-state index >= 15 is 0 Å². The fourth-order valence-electron chi connectivity index (χ4n) is 3.70. The molecular weight excluding hydrogens is 394 g/mol. The number of hydrogen-bond donors (Lipinski definition) is 1. The molecule has 0 aromatic carbocycles. The molecule has 2 amide bonds. The van der Waals surface area contributed by atoms with Crippen molar-refractivity contribution in [2.24, 2.45) is 17.6 Å². The first-order chi connectivity index (χ1) is 13.3. The first-order valence-electron chi connectivity index (χ1n) is 9.56. The Hall–Kier alpha value is -1.87. The van der Waals surface area contributed by atoms with Crippen molar-refractivity contribution in [3.8, 4) is 10.7 Å². The van der Waals surface area contributed by atoms with E-state index < -0.39 is 0 Å². The lowest BCUT2D eigenvalue weighted by Crippen LogP contribution is -2.45. The zero-order valence-corrected chi connectivity index (χ0v) is 18.1. The molecular formula is C19H27N5O2S2. The van der Waals surface area contributed by atoms with E-state index in [9.17, 15) is 9.59 Å². The highest BCUT2D eigenvalue weighted by Gasteiger charge is 2.30. The van der Waals surface area contributed by atoms with Crippen molar-refractivity contribution >= 4 is 34.9 Å². The van der Waals surface area contributed by atoms with Crippen LogP contribution in [-0.4, -0.2) is 49.8 Å². The molecule has 28 heavy (non-hydrogen) atoms. The Morgan fingerprint density at radius 2 is 2.04 bits per heavy atom. The third-order valence-corrected chi connectivity index (χ3v) is 6.78. The van der Waals surface area contributed by atoms with Gasteiger partial charge in [-0.3, -0.25) is 9.59 Å². The molecule has 3 heterocycles. The Kier molecular flexibility index (Phi) is 6.77. The van der Waals surface area contributed by atoms with Crippen LogP contribution in [-0.2, 0) is 16.1 Å². The van der Waals surface area contributed by atoms with Crippen LogP contribution in [0.4, 0.5) is 0 Å². The monoisotopic (exact) mass is 421 g/mol. The van der Waals surface area contributed by atoms with Crippen LogP contribution < -0.4 is 5.73 Å². The minimum Gasteiger partial charge on any atom is -0.370 e. The maximum Gasteiger partial charge on any atom is 0.235 e. The number of carbonyl (C=O) groups excluding carboxylic acids is 2. The number of likely N-dealkylation sites (tertiary alicyclic amines) is 1. The number of rotatable bonds is 7. The van der Waals surface area contributed by atoms with Gasteiger partial charge in [0.15, 0.2) is 11.0 Å². The fraction of sp³-hybridized carbons (Fsp3) is 0.579. The van der Waals surface area contributed by atoms with Gasteiger partial charge in [0.25, 0.3) is 0 Å². The molecule has 9 heteroatoms. The zero-order chi connectivity index (χ0) is 20.3. The summed E-state index contributed by atoms with van der Waals surface area (Å²) in [5, 5.41) is 11.0. The average molecular weight is 422 g/mol. The van der Waals surface area contributed by atoms with Gasteiger partial charge in [-0.25, -0.2) is 0 Å². The second-order valence-electron chi connectivity index (χ2n) is 7.60. The molecule has 152 valence electrons. The summed E-state index contributed by atoms with van der Waals surface area (Å²) in [4.78, 5) is 27.2. The van der Waals surface area contributed by atoms with Crippen molar-refractivity contribution in [2.45, 2.75) is 50.6 Å². The third kappa shape index (κ3) is 4.94. The molecule has 0 spiro atoms. The summed E-state index contributed by atoms with van der Waals surface area (Å²) >= 11 is 2.96. The first-order valence-corrected chi connectivity index (χ1v) is 11.3. The van der Waals surface area contributed by atoms with E-state index in [1.165, 1.54) is 11.8 Å². The van der Waals surface area contributed by atoms with Gasteiger partial charge < -0.3 is 15.2 Å². The lowest BCUT2D eigenvalue weighted by atomic mass is 9.92.